The Bertz CT molecular complexity index is 658. The maximum Gasteiger partial charge on any atom is 0.307 e. The third-order valence-corrected chi connectivity index (χ3v) is 4.30. The molecule has 0 bridgehead atoms. The zero-order chi connectivity index (χ0) is 16.1. The average Bonchev–Trinajstić information content (AvgIpc) is 2.48. The topological polar surface area (TPSA) is 62.2 Å². The molecule has 118 valence electrons. The Hall–Kier alpha value is -1.46. The smallest absolute Gasteiger partial charge is 0.307 e. The van der Waals surface area contributed by atoms with Crippen molar-refractivity contribution in [3.05, 3.63) is 40.5 Å². The lowest BCUT2D eigenvalue weighted by molar-refractivity contribution is -0.142. The fourth-order valence-electron chi connectivity index (χ4n) is 2.56. The largest absolute Gasteiger partial charge is 0.481 e. The van der Waals surface area contributed by atoms with Crippen molar-refractivity contribution in [2.24, 2.45) is 11.8 Å². The molecule has 22 heavy (non-hydrogen) atoms. The molecule has 0 spiro atoms. The first-order chi connectivity index (χ1) is 10.5. The molecule has 0 aliphatic carbocycles. The summed E-state index contributed by atoms with van der Waals surface area (Å²) in [7, 11) is 0. The molecule has 0 saturated heterocycles. The number of aliphatic carboxylic acids is 1. The minimum Gasteiger partial charge on any atom is -0.481 e. The quantitative estimate of drug-likeness (QED) is 0.783. The summed E-state index contributed by atoms with van der Waals surface area (Å²) in [5.74, 6) is -0.715. The Labute approximate surface area is 139 Å². The van der Waals surface area contributed by atoms with E-state index in [-0.39, 0.29) is 5.92 Å². The highest BCUT2D eigenvalue weighted by molar-refractivity contribution is 9.10. The van der Waals surface area contributed by atoms with E-state index < -0.39 is 5.97 Å². The van der Waals surface area contributed by atoms with Gasteiger partial charge in [-0.1, -0.05) is 41.9 Å². The summed E-state index contributed by atoms with van der Waals surface area (Å²) in [4.78, 5) is 15.7. The average molecular weight is 365 g/mol. The van der Waals surface area contributed by atoms with Crippen LogP contribution in [0.1, 0.15) is 25.8 Å². The van der Waals surface area contributed by atoms with Crippen molar-refractivity contribution >= 4 is 32.8 Å². The summed E-state index contributed by atoms with van der Waals surface area (Å²) in [6.45, 7) is 5.17. The van der Waals surface area contributed by atoms with Crippen LogP contribution < -0.4 is 5.32 Å². The van der Waals surface area contributed by atoms with Crippen LogP contribution in [0.5, 0.6) is 0 Å². The van der Waals surface area contributed by atoms with Crippen LogP contribution in [0.3, 0.4) is 0 Å². The normalized spacial score (nSPS) is 12.7. The highest BCUT2D eigenvalue weighted by Gasteiger charge is 2.18. The second-order valence-electron chi connectivity index (χ2n) is 5.90. The first kappa shape index (κ1) is 16.9. The molecule has 0 fully saturated rings. The Morgan fingerprint density at radius 1 is 1.36 bits per heavy atom. The molecule has 5 heteroatoms. The van der Waals surface area contributed by atoms with E-state index >= 15 is 0 Å². The van der Waals surface area contributed by atoms with Crippen molar-refractivity contribution in [1.29, 1.82) is 0 Å². The van der Waals surface area contributed by atoms with Gasteiger partial charge in [0.25, 0.3) is 0 Å². The zero-order valence-corrected chi connectivity index (χ0v) is 14.4. The van der Waals surface area contributed by atoms with E-state index in [4.69, 9.17) is 0 Å². The van der Waals surface area contributed by atoms with Crippen molar-refractivity contribution in [1.82, 2.24) is 10.3 Å². The van der Waals surface area contributed by atoms with Gasteiger partial charge in [0, 0.05) is 29.1 Å². The van der Waals surface area contributed by atoms with Gasteiger partial charge < -0.3 is 10.4 Å². The van der Waals surface area contributed by atoms with Crippen LogP contribution in [-0.4, -0.2) is 22.6 Å². The molecular weight excluding hydrogens is 344 g/mol. The summed E-state index contributed by atoms with van der Waals surface area (Å²) < 4.78 is 1.02. The number of hydrogen-bond donors (Lipinski definition) is 2. The molecule has 1 aromatic heterocycles. The van der Waals surface area contributed by atoms with E-state index in [0.717, 1.165) is 20.9 Å². The van der Waals surface area contributed by atoms with Gasteiger partial charge in [0.1, 0.15) is 0 Å². The molecule has 0 saturated carbocycles. The number of carboxylic acid groups (broad SMARTS) is 1. The van der Waals surface area contributed by atoms with Gasteiger partial charge in [-0.25, -0.2) is 0 Å². The lowest BCUT2D eigenvalue weighted by atomic mass is 9.97. The number of rotatable bonds is 7. The number of benzene rings is 1. The van der Waals surface area contributed by atoms with Gasteiger partial charge in [-0.3, -0.25) is 9.78 Å². The lowest BCUT2D eigenvalue weighted by Gasteiger charge is -2.16. The molecular formula is C17H21BrN2O2. The van der Waals surface area contributed by atoms with Crippen LogP contribution in [0.15, 0.2) is 34.9 Å². The molecule has 1 unspecified atom stereocenters. The summed E-state index contributed by atoms with van der Waals surface area (Å²) >= 11 is 3.53. The van der Waals surface area contributed by atoms with Gasteiger partial charge in [0.15, 0.2) is 0 Å². The number of nitrogens with zero attached hydrogens (tertiary/aromatic N) is 1. The molecule has 1 atom stereocenters. The molecule has 0 aliphatic heterocycles. The molecule has 2 N–H and O–H groups in total. The number of fused-ring (bicyclic) bond motifs is 1. The standard InChI is InChI=1S/C17H21BrN2O2/c1-11(2)8-13(17(21)22)10-19-9-12-5-6-15(18)14-4-3-7-20-16(12)14/h3-7,11,13,19H,8-10H2,1-2H3,(H,21,22). The summed E-state index contributed by atoms with van der Waals surface area (Å²) in [5.41, 5.74) is 2.02. The van der Waals surface area contributed by atoms with Crippen LogP contribution >= 0.6 is 15.9 Å². The molecule has 1 aromatic carbocycles. The molecule has 2 aromatic rings. The predicted molar refractivity (Wildman–Crippen MR) is 91.7 cm³/mol. The molecule has 2 rings (SSSR count). The van der Waals surface area contributed by atoms with Crippen molar-refractivity contribution in [3.63, 3.8) is 0 Å². The van der Waals surface area contributed by atoms with Crippen molar-refractivity contribution in [2.45, 2.75) is 26.8 Å². The minimum atomic E-state index is -0.736. The minimum absolute atomic E-state index is 0.352. The molecule has 0 amide bonds. The number of pyridine rings is 1. The number of aromatic nitrogens is 1. The van der Waals surface area contributed by atoms with Crippen LogP contribution in [0.2, 0.25) is 0 Å². The fraction of sp³-hybridized carbons (Fsp3) is 0.412. The monoisotopic (exact) mass is 364 g/mol. The van der Waals surface area contributed by atoms with Crippen LogP contribution in [0, 0.1) is 11.8 Å². The Kier molecular flexibility index (Phi) is 5.91. The van der Waals surface area contributed by atoms with E-state index in [1.165, 1.54) is 0 Å². The SMILES string of the molecule is CC(C)CC(CNCc1ccc(Br)c2cccnc12)C(=O)O. The van der Waals surface area contributed by atoms with Gasteiger partial charge in [-0.2, -0.15) is 0 Å². The van der Waals surface area contributed by atoms with Crippen molar-refractivity contribution < 1.29 is 9.90 Å². The Balaban J connectivity index is 2.06. The molecule has 4 nitrogen and oxygen atoms in total. The highest BCUT2D eigenvalue weighted by atomic mass is 79.9. The van der Waals surface area contributed by atoms with Crippen molar-refractivity contribution in [3.8, 4) is 0 Å². The molecule has 0 aliphatic rings. The van der Waals surface area contributed by atoms with E-state index in [9.17, 15) is 9.90 Å². The van der Waals surface area contributed by atoms with Crippen LogP contribution in [0.4, 0.5) is 0 Å². The number of carbonyl (C=O) groups is 1. The third-order valence-electron chi connectivity index (χ3n) is 3.61. The van der Waals surface area contributed by atoms with Crippen LogP contribution in [0.25, 0.3) is 10.9 Å². The summed E-state index contributed by atoms with van der Waals surface area (Å²) in [5, 5.41) is 13.6. The first-order valence-corrected chi connectivity index (χ1v) is 8.24. The first-order valence-electron chi connectivity index (χ1n) is 7.44. The van der Waals surface area contributed by atoms with Gasteiger partial charge in [0.05, 0.1) is 11.4 Å². The highest BCUT2D eigenvalue weighted by Crippen LogP contribution is 2.25. The zero-order valence-electron chi connectivity index (χ0n) is 12.8. The Morgan fingerprint density at radius 2 is 2.14 bits per heavy atom. The van der Waals surface area contributed by atoms with E-state index in [1.54, 1.807) is 6.20 Å². The number of halogens is 1. The number of carboxylic acids is 1. The molecule has 0 radical (unpaired) electrons. The van der Waals surface area contributed by atoms with Gasteiger partial charge in [-0.15, -0.1) is 0 Å². The Morgan fingerprint density at radius 3 is 2.82 bits per heavy atom. The lowest BCUT2D eigenvalue weighted by Crippen LogP contribution is -2.29. The van der Waals surface area contributed by atoms with Gasteiger partial charge in [0.2, 0.25) is 0 Å². The van der Waals surface area contributed by atoms with Gasteiger partial charge in [-0.05, 0) is 30.0 Å². The van der Waals surface area contributed by atoms with E-state index in [2.05, 4.69) is 26.2 Å². The van der Waals surface area contributed by atoms with Crippen molar-refractivity contribution in [2.75, 3.05) is 6.54 Å². The fourth-order valence-corrected chi connectivity index (χ4v) is 3.01. The number of nitrogens with one attached hydrogen (secondary N) is 1. The molecule has 1 heterocycles. The maximum atomic E-state index is 11.3. The maximum absolute atomic E-state index is 11.3. The van der Waals surface area contributed by atoms with Gasteiger partial charge >= 0.3 is 5.97 Å². The van der Waals surface area contributed by atoms with E-state index in [0.29, 0.717) is 25.4 Å². The second kappa shape index (κ2) is 7.70. The second-order valence-corrected chi connectivity index (χ2v) is 6.76. The number of hydrogen-bond acceptors (Lipinski definition) is 3. The summed E-state index contributed by atoms with van der Waals surface area (Å²) in [6.07, 6.45) is 2.46. The van der Waals surface area contributed by atoms with E-state index in [1.807, 2.05) is 38.1 Å². The van der Waals surface area contributed by atoms with Crippen LogP contribution in [-0.2, 0) is 11.3 Å². The third kappa shape index (κ3) is 4.27. The predicted octanol–water partition coefficient (Wildman–Crippen LogP) is 3.83. The summed E-state index contributed by atoms with van der Waals surface area (Å²) in [6, 6.07) is 7.95.